The van der Waals surface area contributed by atoms with Gasteiger partial charge < -0.3 is 9.64 Å². The molecule has 3 heterocycles. The van der Waals surface area contributed by atoms with Crippen molar-refractivity contribution in [1.82, 2.24) is 14.8 Å². The van der Waals surface area contributed by atoms with Crippen molar-refractivity contribution in [2.24, 2.45) is 0 Å². The second-order valence-electron chi connectivity index (χ2n) is 8.06. The van der Waals surface area contributed by atoms with Crippen molar-refractivity contribution in [1.29, 1.82) is 0 Å². The highest BCUT2D eigenvalue weighted by molar-refractivity contribution is 7.99. The van der Waals surface area contributed by atoms with Crippen LogP contribution in [-0.2, 0) is 11.2 Å². The molecule has 2 aliphatic heterocycles. The maximum absolute atomic E-state index is 13.1. The van der Waals surface area contributed by atoms with Crippen LogP contribution in [0, 0.1) is 0 Å². The predicted molar refractivity (Wildman–Crippen MR) is 121 cm³/mol. The second-order valence-corrected chi connectivity index (χ2v) is 9.14. The number of aromatic nitrogens is 1. The number of benzene rings is 1. The molecule has 6 nitrogen and oxygen atoms in total. The number of ether oxygens (including phenoxy) is 1. The molecular weight excluding hydrogens is 410 g/mol. The Morgan fingerprint density at radius 3 is 2.68 bits per heavy atom. The summed E-state index contributed by atoms with van der Waals surface area (Å²) in [6, 6.07) is 14.1. The van der Waals surface area contributed by atoms with Crippen LogP contribution in [0.4, 0.5) is 4.79 Å². The van der Waals surface area contributed by atoms with Gasteiger partial charge in [-0.3, -0.25) is 9.69 Å². The molecule has 1 aromatic heterocycles. The molecule has 1 atom stereocenters. The molecule has 2 saturated heterocycles. The highest BCUT2D eigenvalue weighted by Crippen LogP contribution is 2.28. The van der Waals surface area contributed by atoms with Crippen molar-refractivity contribution in [2.45, 2.75) is 49.7 Å². The standard InChI is InChI=1S/C24H29N3O3S/c1-2-15-31-22-21(9-6-12-25-22)23(28)26-13-10-19(11-14-26)27-20(17-30-24(27)29)16-18-7-4-3-5-8-18/h3-9,12,19-20H,2,10-11,13-17H2,1H3. The fourth-order valence-electron chi connectivity index (χ4n) is 4.35. The molecule has 0 saturated carbocycles. The summed E-state index contributed by atoms with van der Waals surface area (Å²) in [5.41, 5.74) is 1.89. The Kier molecular flexibility index (Phi) is 7.12. The second kappa shape index (κ2) is 10.2. The third kappa shape index (κ3) is 5.03. The summed E-state index contributed by atoms with van der Waals surface area (Å²) in [5.74, 6) is 0.981. The van der Waals surface area contributed by atoms with Gasteiger partial charge in [-0.15, -0.1) is 11.8 Å². The van der Waals surface area contributed by atoms with Crippen LogP contribution in [0.1, 0.15) is 42.1 Å². The average molecular weight is 440 g/mol. The number of pyridine rings is 1. The van der Waals surface area contributed by atoms with Crippen molar-refractivity contribution < 1.29 is 14.3 Å². The Morgan fingerprint density at radius 1 is 1.16 bits per heavy atom. The normalized spacial score (nSPS) is 19.5. The minimum Gasteiger partial charge on any atom is -0.447 e. The Morgan fingerprint density at radius 2 is 1.94 bits per heavy atom. The summed E-state index contributed by atoms with van der Waals surface area (Å²) in [5, 5.41) is 0.808. The lowest BCUT2D eigenvalue weighted by atomic mass is 9.99. The maximum Gasteiger partial charge on any atom is 0.410 e. The van der Waals surface area contributed by atoms with Crippen LogP contribution in [-0.4, -0.2) is 64.3 Å². The molecule has 2 amide bonds. The van der Waals surface area contributed by atoms with Gasteiger partial charge in [0.1, 0.15) is 11.6 Å². The number of piperidine rings is 1. The summed E-state index contributed by atoms with van der Waals surface area (Å²) >= 11 is 1.63. The first kappa shape index (κ1) is 21.7. The molecule has 2 fully saturated rings. The molecule has 164 valence electrons. The fraction of sp³-hybridized carbons (Fsp3) is 0.458. The zero-order valence-corrected chi connectivity index (χ0v) is 18.7. The molecule has 0 bridgehead atoms. The van der Waals surface area contributed by atoms with E-state index in [1.807, 2.05) is 40.1 Å². The Bertz CT molecular complexity index is 900. The highest BCUT2D eigenvalue weighted by Gasteiger charge is 2.40. The highest BCUT2D eigenvalue weighted by atomic mass is 32.2. The summed E-state index contributed by atoms with van der Waals surface area (Å²) in [6.45, 7) is 3.83. The van der Waals surface area contributed by atoms with Gasteiger partial charge in [-0.1, -0.05) is 37.3 Å². The molecule has 31 heavy (non-hydrogen) atoms. The van der Waals surface area contributed by atoms with Gasteiger partial charge >= 0.3 is 6.09 Å². The van der Waals surface area contributed by atoms with E-state index >= 15 is 0 Å². The monoisotopic (exact) mass is 439 g/mol. The summed E-state index contributed by atoms with van der Waals surface area (Å²) in [6.07, 6.45) is 4.88. The molecule has 0 N–H and O–H groups in total. The number of nitrogens with zero attached hydrogens (tertiary/aromatic N) is 3. The van der Waals surface area contributed by atoms with E-state index in [2.05, 4.69) is 24.0 Å². The van der Waals surface area contributed by atoms with Gasteiger partial charge in [0.25, 0.3) is 5.91 Å². The van der Waals surface area contributed by atoms with E-state index in [-0.39, 0.29) is 24.1 Å². The van der Waals surface area contributed by atoms with E-state index in [0.29, 0.717) is 25.3 Å². The SMILES string of the molecule is CCCSc1ncccc1C(=O)N1CCC(N2C(=O)OCC2Cc2ccccc2)CC1. The van der Waals surface area contributed by atoms with E-state index in [1.54, 1.807) is 18.0 Å². The first-order chi connectivity index (χ1) is 15.2. The number of hydrogen-bond donors (Lipinski definition) is 0. The topological polar surface area (TPSA) is 62.7 Å². The Balaban J connectivity index is 1.39. The lowest BCUT2D eigenvalue weighted by Gasteiger charge is -2.38. The van der Waals surface area contributed by atoms with Gasteiger partial charge in [0.05, 0.1) is 11.6 Å². The first-order valence-electron chi connectivity index (χ1n) is 11.0. The van der Waals surface area contributed by atoms with Gasteiger partial charge in [-0.25, -0.2) is 9.78 Å². The number of likely N-dealkylation sites (tertiary alicyclic amines) is 1. The van der Waals surface area contributed by atoms with Gasteiger partial charge in [-0.05, 0) is 49.1 Å². The summed E-state index contributed by atoms with van der Waals surface area (Å²) in [4.78, 5) is 33.9. The number of hydrogen-bond acceptors (Lipinski definition) is 5. The number of cyclic esters (lactones) is 1. The molecule has 2 aromatic rings. The fourth-order valence-corrected chi connectivity index (χ4v) is 5.19. The quantitative estimate of drug-likeness (QED) is 0.604. The van der Waals surface area contributed by atoms with Crippen molar-refractivity contribution in [3.05, 3.63) is 59.8 Å². The van der Waals surface area contributed by atoms with Crippen LogP contribution < -0.4 is 0 Å². The largest absolute Gasteiger partial charge is 0.447 e. The number of rotatable bonds is 7. The van der Waals surface area contributed by atoms with E-state index in [9.17, 15) is 9.59 Å². The number of carbonyl (C=O) groups is 2. The van der Waals surface area contributed by atoms with Gasteiger partial charge in [0.15, 0.2) is 0 Å². The first-order valence-corrected chi connectivity index (χ1v) is 12.0. The molecule has 0 aliphatic carbocycles. The van der Waals surface area contributed by atoms with Gasteiger partial charge in [0, 0.05) is 25.3 Å². The third-order valence-corrected chi connectivity index (χ3v) is 7.12. The molecular formula is C24H29N3O3S. The Labute approximate surface area is 188 Å². The van der Waals surface area contributed by atoms with Crippen LogP contribution in [0.5, 0.6) is 0 Å². The van der Waals surface area contributed by atoms with Crippen molar-refractivity contribution in [3.8, 4) is 0 Å². The predicted octanol–water partition coefficient (Wildman–Crippen LogP) is 4.25. The number of carbonyl (C=O) groups excluding carboxylic acids is 2. The third-order valence-electron chi connectivity index (χ3n) is 5.91. The van der Waals surface area contributed by atoms with Crippen LogP contribution in [0.15, 0.2) is 53.7 Å². The van der Waals surface area contributed by atoms with Gasteiger partial charge in [-0.2, -0.15) is 0 Å². The molecule has 0 spiro atoms. The van der Waals surface area contributed by atoms with E-state index in [4.69, 9.17) is 4.74 Å². The van der Waals surface area contributed by atoms with E-state index < -0.39 is 0 Å². The zero-order chi connectivity index (χ0) is 21.6. The molecule has 2 aliphatic rings. The van der Waals surface area contributed by atoms with Crippen molar-refractivity contribution in [2.75, 3.05) is 25.4 Å². The van der Waals surface area contributed by atoms with Crippen molar-refractivity contribution in [3.63, 3.8) is 0 Å². The zero-order valence-electron chi connectivity index (χ0n) is 17.9. The molecule has 4 rings (SSSR count). The van der Waals surface area contributed by atoms with E-state index in [0.717, 1.165) is 36.5 Å². The maximum atomic E-state index is 13.1. The molecule has 1 aromatic carbocycles. The minimum atomic E-state index is -0.226. The van der Waals surface area contributed by atoms with Gasteiger partial charge in [0.2, 0.25) is 0 Å². The van der Waals surface area contributed by atoms with Crippen molar-refractivity contribution >= 4 is 23.8 Å². The average Bonchev–Trinajstić information content (AvgIpc) is 3.18. The Hall–Kier alpha value is -2.54. The lowest BCUT2D eigenvalue weighted by molar-refractivity contribution is 0.0633. The van der Waals surface area contributed by atoms with E-state index in [1.165, 1.54) is 5.56 Å². The lowest BCUT2D eigenvalue weighted by Crippen LogP contribution is -2.50. The van der Waals surface area contributed by atoms with Crippen LogP contribution in [0.2, 0.25) is 0 Å². The van der Waals surface area contributed by atoms with Crippen LogP contribution in [0.3, 0.4) is 0 Å². The minimum absolute atomic E-state index is 0.0370. The summed E-state index contributed by atoms with van der Waals surface area (Å²) in [7, 11) is 0. The number of thioether (sulfide) groups is 1. The van der Waals surface area contributed by atoms with Crippen LogP contribution >= 0.6 is 11.8 Å². The summed E-state index contributed by atoms with van der Waals surface area (Å²) < 4.78 is 5.40. The number of amides is 2. The van der Waals surface area contributed by atoms with Crippen LogP contribution in [0.25, 0.3) is 0 Å². The molecule has 7 heteroatoms. The smallest absolute Gasteiger partial charge is 0.410 e. The molecule has 0 radical (unpaired) electrons. The molecule has 1 unspecified atom stereocenters.